The summed E-state index contributed by atoms with van der Waals surface area (Å²) in [6, 6.07) is 11.8. The molecule has 0 saturated heterocycles. The molecular weight excluding hydrogens is 270 g/mol. The van der Waals surface area contributed by atoms with Gasteiger partial charge in [-0.3, -0.25) is 10.2 Å². The van der Waals surface area contributed by atoms with Crippen molar-refractivity contribution in [2.45, 2.75) is 13.0 Å². The van der Waals surface area contributed by atoms with E-state index in [4.69, 9.17) is 5.84 Å². The first-order valence-corrected chi connectivity index (χ1v) is 7.38. The highest BCUT2D eigenvalue weighted by molar-refractivity contribution is 7.09. The minimum absolute atomic E-state index is 0.243. The van der Waals surface area contributed by atoms with Crippen LogP contribution in [-0.4, -0.2) is 24.4 Å². The zero-order chi connectivity index (χ0) is 14.4. The summed E-state index contributed by atoms with van der Waals surface area (Å²) in [7, 11) is 2.06. The Kier molecular flexibility index (Phi) is 5.29. The van der Waals surface area contributed by atoms with Crippen molar-refractivity contribution < 1.29 is 4.79 Å². The molecule has 0 aliphatic rings. The molecule has 2 rings (SSSR count). The maximum Gasteiger partial charge on any atom is 0.265 e. The highest BCUT2D eigenvalue weighted by Gasteiger charge is 2.11. The third-order valence-corrected chi connectivity index (χ3v) is 4.09. The van der Waals surface area contributed by atoms with Gasteiger partial charge >= 0.3 is 0 Å². The molecule has 0 saturated carbocycles. The molecule has 1 heterocycles. The van der Waals surface area contributed by atoms with Gasteiger partial charge in [0.25, 0.3) is 5.91 Å². The molecule has 0 radical (unpaired) electrons. The molecule has 0 aliphatic carbocycles. The number of amides is 1. The van der Waals surface area contributed by atoms with Crippen LogP contribution in [0.15, 0.2) is 41.8 Å². The van der Waals surface area contributed by atoms with Gasteiger partial charge in [0.2, 0.25) is 0 Å². The second-order valence-corrected chi connectivity index (χ2v) is 5.73. The molecule has 0 atom stereocenters. The predicted octanol–water partition coefficient (Wildman–Crippen LogP) is 2.03. The molecule has 1 aromatic carbocycles. The lowest BCUT2D eigenvalue weighted by molar-refractivity contribution is 0.0952. The number of carbonyl (C=O) groups is 1. The molecule has 106 valence electrons. The first kappa shape index (κ1) is 14.7. The van der Waals surface area contributed by atoms with Crippen LogP contribution in [0.1, 0.15) is 20.8 Å². The van der Waals surface area contributed by atoms with Gasteiger partial charge < -0.3 is 4.90 Å². The standard InChI is InChI=1S/C15H19N3OS/c1-18(9-8-13-6-4-10-20-13)11-12-5-2-3-7-14(12)15(19)17-16/h2-7,10H,8-9,11,16H2,1H3,(H,17,19). The largest absolute Gasteiger partial charge is 0.302 e. The summed E-state index contributed by atoms with van der Waals surface area (Å²) >= 11 is 1.78. The molecule has 20 heavy (non-hydrogen) atoms. The van der Waals surface area contributed by atoms with Crippen molar-refractivity contribution in [1.82, 2.24) is 10.3 Å². The molecule has 2 aromatic rings. The number of nitrogens with zero attached hydrogens (tertiary/aromatic N) is 1. The summed E-state index contributed by atoms with van der Waals surface area (Å²) in [5.74, 6) is 4.97. The fraction of sp³-hybridized carbons (Fsp3) is 0.267. The van der Waals surface area contributed by atoms with E-state index in [9.17, 15) is 4.79 Å². The van der Waals surface area contributed by atoms with E-state index in [0.717, 1.165) is 25.1 Å². The van der Waals surface area contributed by atoms with E-state index in [1.165, 1.54) is 4.88 Å². The molecule has 1 aromatic heterocycles. The highest BCUT2D eigenvalue weighted by Crippen LogP contribution is 2.13. The van der Waals surface area contributed by atoms with Crippen LogP contribution in [0.25, 0.3) is 0 Å². The van der Waals surface area contributed by atoms with Crippen molar-refractivity contribution >= 4 is 17.2 Å². The minimum Gasteiger partial charge on any atom is -0.302 e. The zero-order valence-electron chi connectivity index (χ0n) is 11.5. The number of nitrogen functional groups attached to an aromatic ring is 1. The number of benzene rings is 1. The Labute approximate surface area is 123 Å². The third kappa shape index (κ3) is 3.90. The third-order valence-electron chi connectivity index (χ3n) is 3.15. The Morgan fingerprint density at radius 3 is 2.80 bits per heavy atom. The second-order valence-electron chi connectivity index (χ2n) is 4.70. The van der Waals surface area contributed by atoms with Crippen molar-refractivity contribution in [2.24, 2.45) is 5.84 Å². The molecule has 4 nitrogen and oxygen atoms in total. The highest BCUT2D eigenvalue weighted by atomic mass is 32.1. The van der Waals surface area contributed by atoms with Crippen molar-refractivity contribution in [3.05, 3.63) is 57.8 Å². The number of carbonyl (C=O) groups excluding carboxylic acids is 1. The summed E-state index contributed by atoms with van der Waals surface area (Å²) in [4.78, 5) is 15.3. The van der Waals surface area contributed by atoms with Crippen LogP contribution < -0.4 is 11.3 Å². The van der Waals surface area contributed by atoms with Crippen molar-refractivity contribution in [3.8, 4) is 0 Å². The van der Waals surface area contributed by atoms with Crippen molar-refractivity contribution in [1.29, 1.82) is 0 Å². The minimum atomic E-state index is -0.243. The van der Waals surface area contributed by atoms with Crippen molar-refractivity contribution in [2.75, 3.05) is 13.6 Å². The molecule has 1 amide bonds. The van der Waals surface area contributed by atoms with E-state index in [1.54, 1.807) is 17.4 Å². The summed E-state index contributed by atoms with van der Waals surface area (Å²) in [5.41, 5.74) is 3.82. The van der Waals surface area contributed by atoms with Crippen molar-refractivity contribution in [3.63, 3.8) is 0 Å². The van der Waals surface area contributed by atoms with Crippen LogP contribution >= 0.6 is 11.3 Å². The number of hydrazine groups is 1. The second kappa shape index (κ2) is 7.19. The first-order chi connectivity index (χ1) is 9.70. The van der Waals surface area contributed by atoms with Gasteiger partial charge in [-0.25, -0.2) is 5.84 Å². The number of nitrogens with two attached hydrogens (primary N) is 1. The van der Waals surface area contributed by atoms with Gasteiger partial charge in [-0.05, 0) is 36.5 Å². The topological polar surface area (TPSA) is 58.4 Å². The maximum atomic E-state index is 11.7. The molecule has 0 spiro atoms. The number of rotatable bonds is 6. The van der Waals surface area contributed by atoms with Crippen LogP contribution in [0, 0.1) is 0 Å². The van der Waals surface area contributed by atoms with Gasteiger partial charge in [0.05, 0.1) is 0 Å². The van der Waals surface area contributed by atoms with Gasteiger partial charge in [-0.15, -0.1) is 11.3 Å². The van der Waals surface area contributed by atoms with E-state index in [1.807, 2.05) is 18.2 Å². The molecule has 5 heteroatoms. The lowest BCUT2D eigenvalue weighted by Gasteiger charge is -2.18. The van der Waals surface area contributed by atoms with Crippen LogP contribution in [-0.2, 0) is 13.0 Å². The SMILES string of the molecule is CN(CCc1cccs1)Cc1ccccc1C(=O)NN. The predicted molar refractivity (Wildman–Crippen MR) is 82.5 cm³/mol. The normalized spacial score (nSPS) is 10.8. The van der Waals surface area contributed by atoms with E-state index in [0.29, 0.717) is 5.56 Å². The van der Waals surface area contributed by atoms with E-state index >= 15 is 0 Å². The number of thiophene rings is 1. The summed E-state index contributed by atoms with van der Waals surface area (Å²) in [6.45, 7) is 1.69. The molecular formula is C15H19N3OS. The van der Waals surface area contributed by atoms with Gasteiger partial charge in [0.1, 0.15) is 0 Å². The Morgan fingerprint density at radius 1 is 1.30 bits per heavy atom. The van der Waals surface area contributed by atoms with Gasteiger partial charge in [-0.1, -0.05) is 24.3 Å². The zero-order valence-corrected chi connectivity index (χ0v) is 12.3. The Balaban J connectivity index is 1.97. The smallest absolute Gasteiger partial charge is 0.265 e. The lowest BCUT2D eigenvalue weighted by atomic mass is 10.1. The number of nitrogens with one attached hydrogen (secondary N) is 1. The molecule has 0 aliphatic heterocycles. The Bertz CT molecular complexity index is 554. The van der Waals surface area contributed by atoms with Crippen LogP contribution in [0.2, 0.25) is 0 Å². The van der Waals surface area contributed by atoms with E-state index in [2.05, 4.69) is 34.9 Å². The van der Waals surface area contributed by atoms with Crippen LogP contribution in [0.4, 0.5) is 0 Å². The average molecular weight is 289 g/mol. The van der Waals surface area contributed by atoms with Crippen LogP contribution in [0.3, 0.4) is 0 Å². The Morgan fingerprint density at radius 2 is 2.10 bits per heavy atom. The fourth-order valence-electron chi connectivity index (χ4n) is 2.08. The number of likely N-dealkylation sites (N-methyl/N-ethyl adjacent to an activating group) is 1. The summed E-state index contributed by atoms with van der Waals surface area (Å²) < 4.78 is 0. The fourth-order valence-corrected chi connectivity index (χ4v) is 2.78. The van der Waals surface area contributed by atoms with E-state index < -0.39 is 0 Å². The van der Waals surface area contributed by atoms with Gasteiger partial charge in [-0.2, -0.15) is 0 Å². The monoisotopic (exact) mass is 289 g/mol. The molecule has 3 N–H and O–H groups in total. The Hall–Kier alpha value is -1.69. The lowest BCUT2D eigenvalue weighted by Crippen LogP contribution is -2.31. The molecule has 0 bridgehead atoms. The first-order valence-electron chi connectivity index (χ1n) is 6.50. The quantitative estimate of drug-likeness (QED) is 0.486. The molecule has 0 unspecified atom stereocenters. The molecule has 0 fully saturated rings. The summed E-state index contributed by atoms with van der Waals surface area (Å²) in [6.07, 6.45) is 1.03. The van der Waals surface area contributed by atoms with E-state index in [-0.39, 0.29) is 5.91 Å². The number of hydrogen-bond acceptors (Lipinski definition) is 4. The maximum absolute atomic E-state index is 11.7. The van der Waals surface area contributed by atoms with Gasteiger partial charge in [0.15, 0.2) is 0 Å². The average Bonchev–Trinajstić information content (AvgIpc) is 2.98. The van der Waals surface area contributed by atoms with Crippen LogP contribution in [0.5, 0.6) is 0 Å². The summed E-state index contributed by atoms with van der Waals surface area (Å²) in [5, 5.41) is 2.09. The number of hydrogen-bond donors (Lipinski definition) is 2. The van der Waals surface area contributed by atoms with Gasteiger partial charge in [0, 0.05) is 23.5 Å².